The quantitative estimate of drug-likeness (QED) is 0.880. The van der Waals surface area contributed by atoms with Gasteiger partial charge in [-0.3, -0.25) is 4.79 Å². The average molecular weight is 336 g/mol. The Morgan fingerprint density at radius 2 is 2.05 bits per heavy atom. The van der Waals surface area contributed by atoms with Crippen LogP contribution in [0.4, 0.5) is 5.00 Å². The first-order chi connectivity index (χ1) is 10.4. The van der Waals surface area contributed by atoms with Gasteiger partial charge in [0.25, 0.3) is 0 Å². The van der Waals surface area contributed by atoms with E-state index in [1.165, 1.54) is 11.3 Å². The van der Waals surface area contributed by atoms with Crippen LogP contribution in [-0.2, 0) is 14.6 Å². The summed E-state index contributed by atoms with van der Waals surface area (Å²) in [5.41, 5.74) is 1.69. The number of aromatic nitrogens is 1. The summed E-state index contributed by atoms with van der Waals surface area (Å²) in [5, 5.41) is 5.03. The summed E-state index contributed by atoms with van der Waals surface area (Å²) in [4.78, 5) is 16.3. The molecule has 1 amide bonds. The SMILES string of the molecule is C=CS(=O)(=O)CCC(=O)Nc1sc(-c2ccccc2)nc1C. The minimum atomic E-state index is -3.36. The van der Waals surface area contributed by atoms with E-state index in [2.05, 4.69) is 16.9 Å². The smallest absolute Gasteiger partial charge is 0.226 e. The van der Waals surface area contributed by atoms with E-state index in [9.17, 15) is 13.2 Å². The summed E-state index contributed by atoms with van der Waals surface area (Å²) < 4.78 is 22.6. The number of benzene rings is 1. The van der Waals surface area contributed by atoms with Crippen molar-refractivity contribution in [1.29, 1.82) is 0 Å². The van der Waals surface area contributed by atoms with Gasteiger partial charge in [0.05, 0.1) is 11.4 Å². The molecule has 0 atom stereocenters. The summed E-state index contributed by atoms with van der Waals surface area (Å²) in [5.74, 6) is -0.595. The lowest BCUT2D eigenvalue weighted by molar-refractivity contribution is -0.115. The van der Waals surface area contributed by atoms with E-state index in [4.69, 9.17) is 0 Å². The maximum atomic E-state index is 11.8. The van der Waals surface area contributed by atoms with Crippen molar-refractivity contribution in [3.05, 3.63) is 48.0 Å². The number of amides is 1. The average Bonchev–Trinajstić information content (AvgIpc) is 2.87. The van der Waals surface area contributed by atoms with Crippen LogP contribution in [-0.4, -0.2) is 25.1 Å². The number of hydrogen-bond acceptors (Lipinski definition) is 5. The third kappa shape index (κ3) is 4.25. The highest BCUT2D eigenvalue weighted by Crippen LogP contribution is 2.31. The fourth-order valence-electron chi connectivity index (χ4n) is 1.72. The molecule has 0 aliphatic heterocycles. The van der Waals surface area contributed by atoms with Gasteiger partial charge in [0.1, 0.15) is 10.0 Å². The van der Waals surface area contributed by atoms with Gasteiger partial charge in [0, 0.05) is 17.4 Å². The lowest BCUT2D eigenvalue weighted by Gasteiger charge is -2.02. The molecule has 0 saturated heterocycles. The fraction of sp³-hybridized carbons (Fsp3) is 0.200. The van der Waals surface area contributed by atoms with Gasteiger partial charge in [-0.1, -0.05) is 48.2 Å². The first-order valence-corrected chi connectivity index (χ1v) is 9.12. The highest BCUT2D eigenvalue weighted by Gasteiger charge is 2.14. The van der Waals surface area contributed by atoms with E-state index >= 15 is 0 Å². The van der Waals surface area contributed by atoms with Crippen LogP contribution in [0.5, 0.6) is 0 Å². The highest BCUT2D eigenvalue weighted by molar-refractivity contribution is 7.94. The topological polar surface area (TPSA) is 76.1 Å². The Morgan fingerprint density at radius 1 is 1.36 bits per heavy atom. The van der Waals surface area contributed by atoms with Crippen LogP contribution in [0.25, 0.3) is 10.6 Å². The molecule has 5 nitrogen and oxygen atoms in total. The lowest BCUT2D eigenvalue weighted by Crippen LogP contribution is -2.16. The molecule has 22 heavy (non-hydrogen) atoms. The van der Waals surface area contributed by atoms with E-state index in [-0.39, 0.29) is 18.1 Å². The van der Waals surface area contributed by atoms with Gasteiger partial charge < -0.3 is 5.32 Å². The van der Waals surface area contributed by atoms with Crippen LogP contribution in [0.3, 0.4) is 0 Å². The van der Waals surface area contributed by atoms with Crippen molar-refractivity contribution >= 4 is 32.1 Å². The van der Waals surface area contributed by atoms with Crippen molar-refractivity contribution in [3.8, 4) is 10.6 Å². The molecule has 0 radical (unpaired) electrons. The summed E-state index contributed by atoms with van der Waals surface area (Å²) in [7, 11) is -3.36. The number of anilines is 1. The Bertz CT molecular complexity index is 780. The second-order valence-corrected chi connectivity index (χ2v) is 7.70. The standard InChI is InChI=1S/C15H16N2O3S2/c1-3-22(19,20)10-9-13(18)17-14-11(2)16-15(21-14)12-7-5-4-6-8-12/h3-8H,1,9-10H2,2H3,(H,17,18). The minimum absolute atomic E-state index is 0.105. The molecule has 1 aromatic heterocycles. The molecule has 7 heteroatoms. The summed E-state index contributed by atoms with van der Waals surface area (Å²) in [6.07, 6.45) is -0.105. The number of nitrogens with one attached hydrogen (secondary N) is 1. The van der Waals surface area contributed by atoms with Gasteiger partial charge in [0.15, 0.2) is 9.84 Å². The van der Waals surface area contributed by atoms with Crippen LogP contribution in [0, 0.1) is 6.92 Å². The van der Waals surface area contributed by atoms with Crippen LogP contribution < -0.4 is 5.32 Å². The molecule has 0 spiro atoms. The summed E-state index contributed by atoms with van der Waals surface area (Å²) >= 11 is 1.37. The molecule has 1 N–H and O–H groups in total. The monoisotopic (exact) mass is 336 g/mol. The van der Waals surface area contributed by atoms with Gasteiger partial charge in [-0.05, 0) is 6.92 Å². The fourth-order valence-corrected chi connectivity index (χ4v) is 3.35. The van der Waals surface area contributed by atoms with E-state index in [1.54, 1.807) is 6.92 Å². The van der Waals surface area contributed by atoms with Crippen molar-refractivity contribution in [2.45, 2.75) is 13.3 Å². The van der Waals surface area contributed by atoms with Crippen molar-refractivity contribution < 1.29 is 13.2 Å². The summed E-state index contributed by atoms with van der Waals surface area (Å²) in [6, 6.07) is 9.66. The maximum absolute atomic E-state index is 11.8. The maximum Gasteiger partial charge on any atom is 0.226 e. The normalized spacial score (nSPS) is 11.1. The zero-order chi connectivity index (χ0) is 16.2. The molecule has 2 rings (SSSR count). The largest absolute Gasteiger partial charge is 0.316 e. The van der Waals surface area contributed by atoms with Crippen molar-refractivity contribution in [2.24, 2.45) is 0 Å². The number of carbonyl (C=O) groups excluding carboxylic acids is 1. The van der Waals surface area contributed by atoms with Gasteiger partial charge in [0.2, 0.25) is 5.91 Å². The number of carbonyl (C=O) groups is 1. The number of nitrogens with zero attached hydrogens (tertiary/aromatic N) is 1. The predicted octanol–water partition coefficient (Wildman–Crippen LogP) is 3.01. The first-order valence-electron chi connectivity index (χ1n) is 6.59. The van der Waals surface area contributed by atoms with Crippen LogP contribution in [0.2, 0.25) is 0 Å². The Labute approximate surface area is 133 Å². The molecule has 1 heterocycles. The molecule has 0 unspecified atom stereocenters. The second kappa shape index (κ2) is 6.85. The van der Waals surface area contributed by atoms with Crippen LogP contribution >= 0.6 is 11.3 Å². The number of aryl methyl sites for hydroxylation is 1. The molecule has 0 bridgehead atoms. The Hall–Kier alpha value is -1.99. The van der Waals surface area contributed by atoms with Crippen molar-refractivity contribution in [1.82, 2.24) is 4.98 Å². The van der Waals surface area contributed by atoms with E-state index in [0.29, 0.717) is 10.7 Å². The van der Waals surface area contributed by atoms with Crippen LogP contribution in [0.15, 0.2) is 42.3 Å². The Morgan fingerprint density at radius 3 is 2.68 bits per heavy atom. The predicted molar refractivity (Wildman–Crippen MR) is 89.5 cm³/mol. The minimum Gasteiger partial charge on any atom is -0.316 e. The molecule has 116 valence electrons. The third-order valence-electron chi connectivity index (χ3n) is 2.94. The van der Waals surface area contributed by atoms with Gasteiger partial charge in [-0.25, -0.2) is 13.4 Å². The third-order valence-corrected chi connectivity index (χ3v) is 5.34. The Kier molecular flexibility index (Phi) is 5.10. The first kappa shape index (κ1) is 16.4. The molecule has 0 aliphatic rings. The Balaban J connectivity index is 2.06. The zero-order valence-electron chi connectivity index (χ0n) is 12.1. The second-order valence-electron chi connectivity index (χ2n) is 4.63. The number of rotatable bonds is 6. The zero-order valence-corrected chi connectivity index (χ0v) is 13.7. The molecule has 0 fully saturated rings. The van der Waals surface area contributed by atoms with Crippen LogP contribution in [0.1, 0.15) is 12.1 Å². The van der Waals surface area contributed by atoms with Crippen molar-refractivity contribution in [3.63, 3.8) is 0 Å². The van der Waals surface area contributed by atoms with Gasteiger partial charge in [-0.15, -0.1) is 0 Å². The molecular weight excluding hydrogens is 320 g/mol. The van der Waals surface area contributed by atoms with Gasteiger partial charge in [-0.2, -0.15) is 0 Å². The molecule has 0 aliphatic carbocycles. The van der Waals surface area contributed by atoms with E-state index in [0.717, 1.165) is 16.0 Å². The number of hydrogen-bond donors (Lipinski definition) is 1. The number of sulfone groups is 1. The van der Waals surface area contributed by atoms with Gasteiger partial charge >= 0.3 is 0 Å². The summed E-state index contributed by atoms with van der Waals surface area (Å²) in [6.45, 7) is 5.02. The number of thiazole rings is 1. The van der Waals surface area contributed by atoms with E-state index in [1.807, 2.05) is 30.3 Å². The van der Waals surface area contributed by atoms with E-state index < -0.39 is 9.84 Å². The highest BCUT2D eigenvalue weighted by atomic mass is 32.2. The molecule has 0 saturated carbocycles. The lowest BCUT2D eigenvalue weighted by atomic mass is 10.2. The van der Waals surface area contributed by atoms with Crippen molar-refractivity contribution in [2.75, 3.05) is 11.1 Å². The molecular formula is C15H16N2O3S2. The molecule has 1 aromatic carbocycles. The molecule has 2 aromatic rings.